The summed E-state index contributed by atoms with van der Waals surface area (Å²) in [6.07, 6.45) is 0.323. The lowest BCUT2D eigenvalue weighted by Gasteiger charge is -2.19. The molecule has 2 aromatic carbocycles. The van der Waals surface area contributed by atoms with E-state index < -0.39 is 17.5 Å². The lowest BCUT2D eigenvalue weighted by Crippen LogP contribution is -2.36. The number of nitrogens with one attached hydrogen (secondary N) is 2. The minimum atomic E-state index is -0.871. The number of benzene rings is 2. The number of amides is 2. The van der Waals surface area contributed by atoms with Crippen molar-refractivity contribution in [2.24, 2.45) is 0 Å². The van der Waals surface area contributed by atoms with Crippen LogP contribution in [-0.4, -0.2) is 21.6 Å². The van der Waals surface area contributed by atoms with Crippen LogP contribution in [0.25, 0.3) is 11.3 Å². The Morgan fingerprint density at radius 3 is 2.33 bits per heavy atom. The normalized spacial score (nSPS) is 11.6. The number of nitrogens with zero attached hydrogens (tertiary/aromatic N) is 2. The number of hydrogen-bond donors (Lipinski definition) is 2. The largest absolute Gasteiger partial charge is 0.324 e. The highest BCUT2D eigenvalue weighted by Crippen LogP contribution is 2.21. The van der Waals surface area contributed by atoms with Crippen molar-refractivity contribution in [3.63, 3.8) is 0 Å². The number of rotatable bonds is 6. The van der Waals surface area contributed by atoms with Gasteiger partial charge in [-0.1, -0.05) is 48.9 Å². The fourth-order valence-electron chi connectivity index (χ4n) is 2.98. The van der Waals surface area contributed by atoms with Crippen LogP contribution in [-0.2, 0) is 9.59 Å². The molecule has 2 amide bonds. The van der Waals surface area contributed by atoms with Crippen LogP contribution in [0.2, 0.25) is 5.02 Å². The van der Waals surface area contributed by atoms with Gasteiger partial charge in [-0.2, -0.15) is 5.10 Å². The molecule has 154 valence electrons. The first-order valence-corrected chi connectivity index (χ1v) is 9.80. The summed E-state index contributed by atoms with van der Waals surface area (Å²) in [5.41, 5.74) is 1.29. The first-order chi connectivity index (χ1) is 14.4. The monoisotopic (exact) mass is 424 g/mol. The molecule has 30 heavy (non-hydrogen) atoms. The van der Waals surface area contributed by atoms with Crippen molar-refractivity contribution in [2.75, 3.05) is 10.6 Å². The molecule has 1 aromatic heterocycles. The van der Waals surface area contributed by atoms with E-state index in [2.05, 4.69) is 15.7 Å². The molecular formula is C22H21ClN4O3. The second kappa shape index (κ2) is 9.37. The topological polar surface area (TPSA) is 93.1 Å². The first kappa shape index (κ1) is 21.3. The van der Waals surface area contributed by atoms with E-state index in [-0.39, 0.29) is 11.6 Å². The Balaban J connectivity index is 2.04. The minimum Gasteiger partial charge on any atom is -0.324 e. The Labute approximate surface area is 178 Å². The smallest absolute Gasteiger partial charge is 0.291 e. The third-order valence-electron chi connectivity index (χ3n) is 4.41. The van der Waals surface area contributed by atoms with Gasteiger partial charge in [0, 0.05) is 23.2 Å². The Bertz CT molecular complexity index is 1110. The van der Waals surface area contributed by atoms with E-state index in [0.29, 0.717) is 22.8 Å². The Kier molecular flexibility index (Phi) is 6.64. The molecule has 7 nitrogen and oxygen atoms in total. The van der Waals surface area contributed by atoms with Gasteiger partial charge >= 0.3 is 0 Å². The molecule has 0 saturated carbocycles. The Hall–Kier alpha value is -3.45. The zero-order valence-electron chi connectivity index (χ0n) is 16.6. The summed E-state index contributed by atoms with van der Waals surface area (Å²) in [6.45, 7) is 3.10. The maximum Gasteiger partial charge on any atom is 0.291 e. The summed E-state index contributed by atoms with van der Waals surface area (Å²) in [4.78, 5) is 37.5. The molecule has 3 rings (SSSR count). The van der Waals surface area contributed by atoms with Crippen molar-refractivity contribution in [3.8, 4) is 11.3 Å². The second-order valence-corrected chi connectivity index (χ2v) is 7.10. The van der Waals surface area contributed by atoms with Crippen LogP contribution >= 0.6 is 11.6 Å². The van der Waals surface area contributed by atoms with Crippen LogP contribution in [0.4, 0.5) is 11.4 Å². The molecule has 0 bridgehead atoms. The van der Waals surface area contributed by atoms with E-state index in [1.807, 2.05) is 30.3 Å². The maximum absolute atomic E-state index is 13.0. The van der Waals surface area contributed by atoms with E-state index in [0.717, 1.165) is 10.2 Å². The van der Waals surface area contributed by atoms with Gasteiger partial charge in [0.15, 0.2) is 0 Å². The molecule has 0 radical (unpaired) electrons. The molecule has 2 N–H and O–H groups in total. The lowest BCUT2D eigenvalue weighted by molar-refractivity contribution is -0.119. The zero-order chi connectivity index (χ0) is 21.7. The fraction of sp³-hybridized carbons (Fsp3) is 0.182. The number of carbonyl (C=O) groups excluding carboxylic acids is 2. The summed E-state index contributed by atoms with van der Waals surface area (Å²) < 4.78 is 1.12. The molecule has 0 aliphatic carbocycles. The molecule has 3 aromatic rings. The molecule has 1 unspecified atom stereocenters. The van der Waals surface area contributed by atoms with Crippen LogP contribution in [0, 0.1) is 0 Å². The summed E-state index contributed by atoms with van der Waals surface area (Å²) in [5.74, 6) is -0.782. The fourth-order valence-corrected chi connectivity index (χ4v) is 3.11. The molecule has 0 aliphatic rings. The molecule has 0 saturated heterocycles. The standard InChI is InChI=1S/C22H21ClN4O3/c1-3-20(21(29)25-17-11-9-16(23)10-12-17)27-22(30)19(24-14(2)28)13-18(26-27)15-7-5-4-6-8-15/h4-13,20H,3H2,1-2H3,(H,24,28)(H,25,29). The summed E-state index contributed by atoms with van der Waals surface area (Å²) in [7, 11) is 0. The minimum absolute atomic E-state index is 0.0640. The van der Waals surface area contributed by atoms with Crippen molar-refractivity contribution >= 4 is 34.8 Å². The van der Waals surface area contributed by atoms with Gasteiger partial charge in [-0.15, -0.1) is 0 Å². The van der Waals surface area contributed by atoms with Gasteiger partial charge < -0.3 is 10.6 Å². The van der Waals surface area contributed by atoms with E-state index >= 15 is 0 Å². The lowest BCUT2D eigenvalue weighted by atomic mass is 10.1. The number of anilines is 2. The van der Waals surface area contributed by atoms with Crippen LogP contribution < -0.4 is 16.2 Å². The average Bonchev–Trinajstić information content (AvgIpc) is 2.73. The molecule has 0 fully saturated rings. The number of halogens is 1. The third kappa shape index (κ3) is 4.93. The predicted octanol–water partition coefficient (Wildman–Crippen LogP) is 4.11. The number of carbonyl (C=O) groups is 2. The summed E-state index contributed by atoms with van der Waals surface area (Å²) in [5, 5.41) is 10.3. The highest BCUT2D eigenvalue weighted by molar-refractivity contribution is 6.30. The molecule has 1 atom stereocenters. The van der Waals surface area contributed by atoms with Crippen molar-refractivity contribution in [1.82, 2.24) is 9.78 Å². The SMILES string of the molecule is CCC(C(=O)Nc1ccc(Cl)cc1)n1nc(-c2ccccc2)cc(NC(C)=O)c1=O. The van der Waals surface area contributed by atoms with Gasteiger partial charge in [-0.25, -0.2) is 4.68 Å². The summed E-state index contributed by atoms with van der Waals surface area (Å²) in [6, 6.07) is 16.5. The van der Waals surface area contributed by atoms with E-state index in [1.54, 1.807) is 31.2 Å². The highest BCUT2D eigenvalue weighted by Gasteiger charge is 2.24. The van der Waals surface area contributed by atoms with E-state index in [1.165, 1.54) is 13.0 Å². The van der Waals surface area contributed by atoms with Crippen molar-refractivity contribution in [3.05, 3.63) is 76.0 Å². The van der Waals surface area contributed by atoms with Crippen LogP contribution in [0.5, 0.6) is 0 Å². The van der Waals surface area contributed by atoms with E-state index in [9.17, 15) is 14.4 Å². The molecular weight excluding hydrogens is 404 g/mol. The Morgan fingerprint density at radius 2 is 1.73 bits per heavy atom. The third-order valence-corrected chi connectivity index (χ3v) is 4.66. The summed E-state index contributed by atoms with van der Waals surface area (Å²) >= 11 is 5.89. The van der Waals surface area contributed by atoms with Gasteiger partial charge in [0.05, 0.1) is 5.69 Å². The molecule has 1 heterocycles. The van der Waals surface area contributed by atoms with Gasteiger partial charge in [-0.3, -0.25) is 14.4 Å². The van der Waals surface area contributed by atoms with Crippen LogP contribution in [0.3, 0.4) is 0 Å². The van der Waals surface area contributed by atoms with Gasteiger partial charge in [0.1, 0.15) is 11.7 Å². The predicted molar refractivity (Wildman–Crippen MR) is 118 cm³/mol. The molecule has 8 heteroatoms. The van der Waals surface area contributed by atoms with Gasteiger partial charge in [-0.05, 0) is 36.8 Å². The number of hydrogen-bond acceptors (Lipinski definition) is 4. The Morgan fingerprint density at radius 1 is 1.07 bits per heavy atom. The van der Waals surface area contributed by atoms with Crippen molar-refractivity contribution in [1.29, 1.82) is 0 Å². The average molecular weight is 425 g/mol. The second-order valence-electron chi connectivity index (χ2n) is 6.66. The highest BCUT2D eigenvalue weighted by atomic mass is 35.5. The van der Waals surface area contributed by atoms with Crippen LogP contribution in [0.15, 0.2) is 65.5 Å². The van der Waals surface area contributed by atoms with E-state index in [4.69, 9.17) is 11.6 Å². The quantitative estimate of drug-likeness (QED) is 0.622. The first-order valence-electron chi connectivity index (χ1n) is 9.42. The maximum atomic E-state index is 13.0. The number of aromatic nitrogens is 2. The van der Waals surface area contributed by atoms with Crippen LogP contribution in [0.1, 0.15) is 26.3 Å². The molecule has 0 aliphatic heterocycles. The van der Waals surface area contributed by atoms with Gasteiger partial charge in [0.25, 0.3) is 5.56 Å². The van der Waals surface area contributed by atoms with Crippen molar-refractivity contribution in [2.45, 2.75) is 26.3 Å². The van der Waals surface area contributed by atoms with Crippen molar-refractivity contribution < 1.29 is 9.59 Å². The zero-order valence-corrected chi connectivity index (χ0v) is 17.3. The van der Waals surface area contributed by atoms with Gasteiger partial charge in [0.2, 0.25) is 11.8 Å². The molecule has 0 spiro atoms.